The van der Waals surface area contributed by atoms with Crippen molar-refractivity contribution in [3.8, 4) is 0 Å². The van der Waals surface area contributed by atoms with Crippen molar-refractivity contribution in [3.05, 3.63) is 0 Å². The van der Waals surface area contributed by atoms with Gasteiger partial charge in [-0.05, 0) is 19.9 Å². The summed E-state index contributed by atoms with van der Waals surface area (Å²) in [7, 11) is 2.11. The van der Waals surface area contributed by atoms with Crippen LogP contribution >= 0.6 is 0 Å². The molecule has 0 aromatic heterocycles. The Morgan fingerprint density at radius 3 is 2.67 bits per heavy atom. The second kappa shape index (κ2) is 3.05. The van der Waals surface area contributed by atoms with E-state index in [-0.39, 0.29) is 5.91 Å². The first-order chi connectivity index (χ1) is 5.75. The first-order valence-corrected chi connectivity index (χ1v) is 4.72. The van der Waals surface area contributed by atoms with E-state index in [1.54, 1.807) is 0 Å². The second-order valence-corrected chi connectivity index (χ2v) is 4.11. The summed E-state index contributed by atoms with van der Waals surface area (Å²) < 4.78 is 0. The Kier molecular flexibility index (Phi) is 2.05. The third-order valence-electron chi connectivity index (χ3n) is 2.65. The van der Waals surface area contributed by atoms with Gasteiger partial charge in [-0.3, -0.25) is 4.79 Å². The molecule has 0 aromatic carbocycles. The third kappa shape index (κ3) is 1.78. The van der Waals surface area contributed by atoms with Crippen molar-refractivity contribution >= 4 is 5.91 Å². The Balaban J connectivity index is 1.59. The zero-order chi connectivity index (χ0) is 8.55. The minimum atomic E-state index is 0.282. The fourth-order valence-electron chi connectivity index (χ4n) is 1.69. The third-order valence-corrected chi connectivity index (χ3v) is 2.65. The molecule has 0 radical (unpaired) electrons. The summed E-state index contributed by atoms with van der Waals surface area (Å²) in [6.45, 7) is 3.18. The first-order valence-electron chi connectivity index (χ1n) is 4.72. The van der Waals surface area contributed by atoms with Gasteiger partial charge in [0, 0.05) is 31.5 Å². The molecule has 1 N–H and O–H groups in total. The second-order valence-electron chi connectivity index (χ2n) is 4.11. The van der Waals surface area contributed by atoms with Crippen molar-refractivity contribution in [2.24, 2.45) is 11.8 Å². The van der Waals surface area contributed by atoms with Crippen LogP contribution in [0.4, 0.5) is 0 Å². The fourth-order valence-corrected chi connectivity index (χ4v) is 1.69. The smallest absolute Gasteiger partial charge is 0.223 e. The van der Waals surface area contributed by atoms with Gasteiger partial charge in [0.05, 0.1) is 0 Å². The molecule has 12 heavy (non-hydrogen) atoms. The highest BCUT2D eigenvalue weighted by Crippen LogP contribution is 2.28. The van der Waals surface area contributed by atoms with Crippen LogP contribution in [0.3, 0.4) is 0 Å². The lowest BCUT2D eigenvalue weighted by molar-refractivity contribution is -0.122. The molecule has 1 aliphatic heterocycles. The molecule has 3 nitrogen and oxygen atoms in total. The number of hydrogen-bond donors (Lipinski definition) is 1. The Bertz CT molecular complexity index is 183. The highest BCUT2D eigenvalue weighted by Gasteiger charge is 2.30. The minimum Gasteiger partial charge on any atom is -0.355 e. The molecule has 0 spiro atoms. The van der Waals surface area contributed by atoms with Gasteiger partial charge in [0.15, 0.2) is 0 Å². The topological polar surface area (TPSA) is 32.3 Å². The molecule has 1 aliphatic carbocycles. The lowest BCUT2D eigenvalue weighted by Crippen LogP contribution is -2.49. The molecule has 1 amide bonds. The van der Waals surface area contributed by atoms with E-state index in [1.165, 1.54) is 0 Å². The van der Waals surface area contributed by atoms with Gasteiger partial charge < -0.3 is 10.2 Å². The van der Waals surface area contributed by atoms with E-state index >= 15 is 0 Å². The van der Waals surface area contributed by atoms with Gasteiger partial charge in [-0.2, -0.15) is 0 Å². The van der Waals surface area contributed by atoms with Crippen molar-refractivity contribution in [1.82, 2.24) is 10.2 Å². The number of likely N-dealkylation sites (tertiary alicyclic amines) is 1. The molecular formula is C9H16N2O. The van der Waals surface area contributed by atoms with Gasteiger partial charge in [-0.15, -0.1) is 0 Å². The summed E-state index contributed by atoms with van der Waals surface area (Å²) in [5.74, 6) is 1.35. The predicted molar refractivity (Wildman–Crippen MR) is 46.7 cm³/mol. The van der Waals surface area contributed by atoms with E-state index in [0.717, 1.165) is 32.5 Å². The average Bonchev–Trinajstić information content (AvgIpc) is 2.77. The van der Waals surface area contributed by atoms with Crippen molar-refractivity contribution in [2.75, 3.05) is 26.7 Å². The van der Waals surface area contributed by atoms with Crippen molar-refractivity contribution in [1.29, 1.82) is 0 Å². The summed E-state index contributed by atoms with van der Waals surface area (Å²) in [5, 5.41) is 3.00. The van der Waals surface area contributed by atoms with Gasteiger partial charge in [0.1, 0.15) is 0 Å². The molecule has 0 unspecified atom stereocenters. The Hall–Kier alpha value is -0.570. The van der Waals surface area contributed by atoms with Gasteiger partial charge in [-0.1, -0.05) is 0 Å². The molecule has 1 heterocycles. The maximum Gasteiger partial charge on any atom is 0.223 e. The molecule has 68 valence electrons. The van der Waals surface area contributed by atoms with Crippen LogP contribution in [0.25, 0.3) is 0 Å². The summed E-state index contributed by atoms with van der Waals surface area (Å²) in [6.07, 6.45) is 2.22. The zero-order valence-electron chi connectivity index (χ0n) is 7.55. The molecule has 3 heteroatoms. The number of carbonyl (C=O) groups is 1. The largest absolute Gasteiger partial charge is 0.355 e. The first kappa shape index (κ1) is 8.05. The zero-order valence-corrected chi connectivity index (χ0v) is 7.55. The van der Waals surface area contributed by atoms with E-state index in [4.69, 9.17) is 0 Å². The van der Waals surface area contributed by atoms with E-state index in [0.29, 0.717) is 11.8 Å². The standard InChI is InChI=1S/C9H16N2O/c1-11-5-7(6-11)4-10-9(12)8-2-3-8/h7-8H,2-6H2,1H3,(H,10,12). The number of hydrogen-bond acceptors (Lipinski definition) is 2. The lowest BCUT2D eigenvalue weighted by atomic mass is 10.0. The van der Waals surface area contributed by atoms with Gasteiger partial charge in [-0.25, -0.2) is 0 Å². The number of nitrogens with one attached hydrogen (secondary N) is 1. The molecule has 2 aliphatic rings. The lowest BCUT2D eigenvalue weighted by Gasteiger charge is -2.36. The Morgan fingerprint density at radius 1 is 1.50 bits per heavy atom. The van der Waals surface area contributed by atoms with Crippen LogP contribution in [0.1, 0.15) is 12.8 Å². The molecule has 2 rings (SSSR count). The molecule has 0 atom stereocenters. The number of amides is 1. The molecule has 0 aromatic rings. The van der Waals surface area contributed by atoms with Crippen molar-refractivity contribution < 1.29 is 4.79 Å². The molecule has 1 saturated heterocycles. The number of rotatable bonds is 3. The number of carbonyl (C=O) groups excluding carboxylic acids is 1. The van der Waals surface area contributed by atoms with Crippen LogP contribution in [0, 0.1) is 11.8 Å². The van der Waals surface area contributed by atoms with Crippen molar-refractivity contribution in [3.63, 3.8) is 0 Å². The quantitative estimate of drug-likeness (QED) is 0.647. The van der Waals surface area contributed by atoms with Crippen LogP contribution in [-0.2, 0) is 4.79 Å². The van der Waals surface area contributed by atoms with Gasteiger partial charge in [0.2, 0.25) is 5.91 Å². The summed E-state index contributed by atoms with van der Waals surface area (Å²) in [6, 6.07) is 0. The average molecular weight is 168 g/mol. The molecular weight excluding hydrogens is 152 g/mol. The molecule has 1 saturated carbocycles. The Labute approximate surface area is 73.1 Å². The maximum atomic E-state index is 11.2. The van der Waals surface area contributed by atoms with Crippen LogP contribution in [0.2, 0.25) is 0 Å². The van der Waals surface area contributed by atoms with E-state index in [1.807, 2.05) is 0 Å². The normalized spacial score (nSPS) is 25.1. The van der Waals surface area contributed by atoms with E-state index in [2.05, 4.69) is 17.3 Å². The minimum absolute atomic E-state index is 0.282. The summed E-state index contributed by atoms with van der Waals surface area (Å²) in [5.41, 5.74) is 0. The highest BCUT2D eigenvalue weighted by atomic mass is 16.2. The van der Waals surface area contributed by atoms with Crippen LogP contribution in [-0.4, -0.2) is 37.5 Å². The predicted octanol–water partition coefficient (Wildman–Crippen LogP) is 0.0742. The number of nitrogens with zero attached hydrogens (tertiary/aromatic N) is 1. The van der Waals surface area contributed by atoms with Crippen LogP contribution in [0.15, 0.2) is 0 Å². The maximum absolute atomic E-state index is 11.2. The van der Waals surface area contributed by atoms with Crippen molar-refractivity contribution in [2.45, 2.75) is 12.8 Å². The Morgan fingerprint density at radius 2 is 2.17 bits per heavy atom. The fraction of sp³-hybridized carbons (Fsp3) is 0.889. The molecule has 2 fully saturated rings. The monoisotopic (exact) mass is 168 g/mol. The summed E-state index contributed by atoms with van der Waals surface area (Å²) >= 11 is 0. The van der Waals surface area contributed by atoms with Gasteiger partial charge >= 0.3 is 0 Å². The van der Waals surface area contributed by atoms with E-state index in [9.17, 15) is 4.79 Å². The SMILES string of the molecule is CN1CC(CNC(=O)C2CC2)C1. The molecule has 0 bridgehead atoms. The van der Waals surface area contributed by atoms with Crippen LogP contribution < -0.4 is 5.32 Å². The van der Waals surface area contributed by atoms with E-state index < -0.39 is 0 Å². The summed E-state index contributed by atoms with van der Waals surface area (Å²) in [4.78, 5) is 13.5. The van der Waals surface area contributed by atoms with Crippen LogP contribution in [0.5, 0.6) is 0 Å². The van der Waals surface area contributed by atoms with Gasteiger partial charge in [0.25, 0.3) is 0 Å². The highest BCUT2D eigenvalue weighted by molar-refractivity contribution is 5.80.